The van der Waals surface area contributed by atoms with Crippen molar-refractivity contribution in [2.45, 2.75) is 91.0 Å². The van der Waals surface area contributed by atoms with Crippen LogP contribution < -0.4 is 0 Å². The molecule has 0 aliphatic heterocycles. The fraction of sp³-hybridized carbons (Fsp3) is 0.760. The van der Waals surface area contributed by atoms with Gasteiger partial charge in [-0.15, -0.1) is 0 Å². The maximum Gasteiger partial charge on any atom is 0.303 e. The minimum absolute atomic E-state index is 0.0645. The summed E-state index contributed by atoms with van der Waals surface area (Å²) in [6, 6.07) is 0. The average Bonchev–Trinajstić information content (AvgIpc) is 2.94. The first-order valence-corrected chi connectivity index (χ1v) is 11.7. The molecule has 0 bridgehead atoms. The van der Waals surface area contributed by atoms with Crippen molar-refractivity contribution < 1.29 is 33.8 Å². The third-order valence-corrected chi connectivity index (χ3v) is 9.20. The van der Waals surface area contributed by atoms with Crippen molar-refractivity contribution in [3.05, 3.63) is 11.6 Å². The molecule has 1 N–H and O–H groups in total. The summed E-state index contributed by atoms with van der Waals surface area (Å²) in [5.74, 6) is -1.59. The highest BCUT2D eigenvalue weighted by Gasteiger charge is 2.67. The Kier molecular flexibility index (Phi) is 5.43. The quantitative estimate of drug-likeness (QED) is 0.664. The third-order valence-electron chi connectivity index (χ3n) is 9.20. The minimum Gasteiger partial charge on any atom is -0.459 e. The van der Waals surface area contributed by atoms with Gasteiger partial charge < -0.3 is 14.6 Å². The van der Waals surface area contributed by atoms with Gasteiger partial charge in [-0.2, -0.15) is 0 Å². The van der Waals surface area contributed by atoms with Crippen molar-refractivity contribution in [2.24, 2.45) is 28.6 Å². The van der Waals surface area contributed by atoms with Crippen molar-refractivity contribution in [3.8, 4) is 0 Å². The number of Topliss-reactive ketones (excluding diaryl/α,β-unsaturated/α-hetero) is 1. The molecule has 4 aliphatic rings. The number of hydrogen-bond donors (Lipinski definition) is 1. The molecule has 7 nitrogen and oxygen atoms in total. The van der Waals surface area contributed by atoms with Gasteiger partial charge in [-0.3, -0.25) is 19.2 Å². The minimum atomic E-state index is -1.19. The van der Waals surface area contributed by atoms with Crippen molar-refractivity contribution in [3.63, 3.8) is 0 Å². The molecule has 3 fully saturated rings. The maximum atomic E-state index is 13.4. The molecule has 0 amide bonds. The van der Waals surface area contributed by atoms with Crippen LogP contribution in [0.5, 0.6) is 0 Å². The smallest absolute Gasteiger partial charge is 0.303 e. The Labute approximate surface area is 188 Å². The number of carbonyl (C=O) groups excluding carboxylic acids is 4. The normalized spacial score (nSPS) is 45.1. The zero-order valence-corrected chi connectivity index (χ0v) is 19.6. The van der Waals surface area contributed by atoms with E-state index in [4.69, 9.17) is 9.47 Å². The molecular formula is C25H34O7. The van der Waals surface area contributed by atoms with E-state index >= 15 is 0 Å². The first-order chi connectivity index (χ1) is 14.8. The molecule has 0 spiro atoms. The number of allylic oxidation sites excluding steroid dienone is 1. The molecule has 4 rings (SSSR count). The lowest BCUT2D eigenvalue weighted by Crippen LogP contribution is -2.61. The first-order valence-electron chi connectivity index (χ1n) is 11.7. The van der Waals surface area contributed by atoms with Crippen LogP contribution in [0.3, 0.4) is 0 Å². The van der Waals surface area contributed by atoms with E-state index in [1.165, 1.54) is 13.8 Å². The second kappa shape index (κ2) is 7.51. The Hall–Kier alpha value is -2.02. The molecule has 0 unspecified atom stereocenters. The lowest BCUT2D eigenvalue weighted by atomic mass is 9.46. The number of ether oxygens (including phenoxy) is 2. The molecule has 0 radical (unpaired) electrons. The molecule has 0 saturated heterocycles. The monoisotopic (exact) mass is 446 g/mol. The van der Waals surface area contributed by atoms with Crippen LogP contribution in [-0.4, -0.2) is 46.4 Å². The van der Waals surface area contributed by atoms with Crippen LogP contribution in [0.4, 0.5) is 0 Å². The number of carbonyl (C=O) groups is 4. The van der Waals surface area contributed by atoms with E-state index in [9.17, 15) is 24.3 Å². The summed E-state index contributed by atoms with van der Waals surface area (Å²) < 4.78 is 11.0. The van der Waals surface area contributed by atoms with Crippen molar-refractivity contribution in [1.29, 1.82) is 0 Å². The second-order valence-corrected chi connectivity index (χ2v) is 10.9. The summed E-state index contributed by atoms with van der Waals surface area (Å²) in [5, 5.41) is 12.0. The van der Waals surface area contributed by atoms with E-state index in [1.807, 2.05) is 13.8 Å². The molecule has 0 heterocycles. The maximum absolute atomic E-state index is 13.4. The molecule has 8 atom stereocenters. The van der Waals surface area contributed by atoms with E-state index in [0.29, 0.717) is 32.1 Å². The zero-order chi connectivity index (χ0) is 23.6. The summed E-state index contributed by atoms with van der Waals surface area (Å²) >= 11 is 0. The summed E-state index contributed by atoms with van der Waals surface area (Å²) in [4.78, 5) is 49.2. The van der Waals surface area contributed by atoms with Gasteiger partial charge in [-0.05, 0) is 68.4 Å². The number of ketones is 2. The van der Waals surface area contributed by atoms with E-state index in [2.05, 4.69) is 0 Å². The Balaban J connectivity index is 1.74. The highest BCUT2D eigenvalue weighted by molar-refractivity contribution is 5.95. The summed E-state index contributed by atoms with van der Waals surface area (Å²) in [6.45, 7) is 8.25. The van der Waals surface area contributed by atoms with Crippen LogP contribution in [-0.2, 0) is 28.7 Å². The largest absolute Gasteiger partial charge is 0.459 e. The number of hydrogen-bond acceptors (Lipinski definition) is 7. The summed E-state index contributed by atoms with van der Waals surface area (Å²) in [7, 11) is 0. The average molecular weight is 447 g/mol. The fourth-order valence-electron chi connectivity index (χ4n) is 7.65. The molecule has 0 aromatic rings. The van der Waals surface area contributed by atoms with Crippen LogP contribution >= 0.6 is 0 Å². The van der Waals surface area contributed by atoms with Gasteiger partial charge in [0.25, 0.3) is 0 Å². The van der Waals surface area contributed by atoms with Crippen LogP contribution in [0.1, 0.15) is 73.1 Å². The highest BCUT2D eigenvalue weighted by Crippen LogP contribution is 2.67. The Morgan fingerprint density at radius 1 is 0.969 bits per heavy atom. The van der Waals surface area contributed by atoms with Crippen molar-refractivity contribution in [2.75, 3.05) is 0 Å². The van der Waals surface area contributed by atoms with Crippen LogP contribution in [0.2, 0.25) is 0 Å². The van der Waals surface area contributed by atoms with E-state index in [0.717, 1.165) is 12.0 Å². The molecule has 176 valence electrons. The molecular weight excluding hydrogens is 412 g/mol. The van der Waals surface area contributed by atoms with Gasteiger partial charge in [0, 0.05) is 31.1 Å². The van der Waals surface area contributed by atoms with Crippen molar-refractivity contribution in [1.82, 2.24) is 0 Å². The van der Waals surface area contributed by atoms with Gasteiger partial charge in [0.15, 0.2) is 5.78 Å². The van der Waals surface area contributed by atoms with Gasteiger partial charge >= 0.3 is 11.9 Å². The number of rotatable bonds is 3. The molecule has 7 heteroatoms. The van der Waals surface area contributed by atoms with E-state index in [-0.39, 0.29) is 29.3 Å². The summed E-state index contributed by atoms with van der Waals surface area (Å²) in [5.41, 5.74) is -1.58. The number of aliphatic hydroxyl groups is 1. The highest BCUT2D eigenvalue weighted by atomic mass is 16.6. The van der Waals surface area contributed by atoms with Crippen LogP contribution in [0, 0.1) is 28.6 Å². The Morgan fingerprint density at radius 3 is 2.19 bits per heavy atom. The van der Waals surface area contributed by atoms with Gasteiger partial charge in [0.1, 0.15) is 18.0 Å². The van der Waals surface area contributed by atoms with Crippen LogP contribution in [0.15, 0.2) is 11.6 Å². The summed E-state index contributed by atoms with van der Waals surface area (Å²) in [6.07, 6.45) is 3.51. The standard InChI is InChI=1S/C25H34O7/c1-13(26)16-7-9-25(30)18-10-20(29)19-11-21(31-14(2)27)22(32-15(3)28)12-23(19,4)17(18)6-8-24(16,25)5/h10,16-17,19,21-22,30H,6-9,11-12H2,1-5H3/t16-,17+,19+,21-,22+,23-,24-,25-/m1/s1. The first kappa shape index (κ1) is 23.1. The van der Waals surface area contributed by atoms with Crippen LogP contribution in [0.25, 0.3) is 0 Å². The number of fused-ring (bicyclic) bond motifs is 5. The predicted octanol–water partition coefficient (Wildman–Crippen LogP) is 2.92. The topological polar surface area (TPSA) is 107 Å². The molecule has 32 heavy (non-hydrogen) atoms. The zero-order valence-electron chi connectivity index (χ0n) is 19.6. The molecule has 3 saturated carbocycles. The Morgan fingerprint density at radius 2 is 1.59 bits per heavy atom. The third kappa shape index (κ3) is 3.18. The van der Waals surface area contributed by atoms with Gasteiger partial charge in [0.2, 0.25) is 0 Å². The lowest BCUT2D eigenvalue weighted by molar-refractivity contribution is -0.186. The number of esters is 2. The van der Waals surface area contributed by atoms with Gasteiger partial charge in [-0.25, -0.2) is 0 Å². The molecule has 0 aromatic heterocycles. The van der Waals surface area contributed by atoms with E-state index < -0.39 is 40.6 Å². The van der Waals surface area contributed by atoms with Gasteiger partial charge in [0.05, 0.1) is 5.60 Å². The predicted molar refractivity (Wildman–Crippen MR) is 114 cm³/mol. The SMILES string of the molecule is CC(=O)O[C@H]1C[C@@]2(C)[C@@H](C[C@H]1OC(C)=O)C(=O)C=C1[C@@H]2CC[C@]2(C)[C@@H](C(C)=O)CC[C@@]12O. The molecule has 4 aliphatic carbocycles. The lowest BCUT2D eigenvalue weighted by Gasteiger charge is -2.60. The van der Waals surface area contributed by atoms with Crippen molar-refractivity contribution >= 4 is 23.5 Å². The fourth-order valence-corrected chi connectivity index (χ4v) is 7.65. The second-order valence-electron chi connectivity index (χ2n) is 10.9. The van der Waals surface area contributed by atoms with Gasteiger partial charge in [-0.1, -0.05) is 13.8 Å². The molecule has 0 aromatic carbocycles. The van der Waals surface area contributed by atoms with E-state index in [1.54, 1.807) is 13.0 Å². The Bertz CT molecular complexity index is 906.